The lowest BCUT2D eigenvalue weighted by atomic mass is 9.67. The summed E-state index contributed by atoms with van der Waals surface area (Å²) in [7, 11) is 0. The Morgan fingerprint density at radius 2 is 1.12 bits per heavy atom. The number of aromatic nitrogens is 1. The van der Waals surface area contributed by atoms with Crippen molar-refractivity contribution in [1.29, 1.82) is 0 Å². The summed E-state index contributed by atoms with van der Waals surface area (Å²) < 4.78 is 2.44. The van der Waals surface area contributed by atoms with E-state index in [1.54, 1.807) is 0 Å². The normalized spacial score (nSPS) is 15.0. The van der Waals surface area contributed by atoms with Crippen LogP contribution in [0, 0.1) is 0 Å². The quantitative estimate of drug-likeness (QED) is 0.157. The zero-order chi connectivity index (χ0) is 42.9. The van der Waals surface area contributed by atoms with E-state index in [0.29, 0.717) is 6.54 Å². The molecule has 1 aliphatic heterocycles. The average molecular weight is 831 g/mol. The Morgan fingerprint density at radius 1 is 0.462 bits per heavy atom. The molecule has 0 amide bonds. The number of aliphatic imine (C=N–C) groups is 2. The summed E-state index contributed by atoms with van der Waals surface area (Å²) in [6.07, 6.45) is 2.10. The van der Waals surface area contributed by atoms with Crippen LogP contribution in [0.1, 0.15) is 27.8 Å². The van der Waals surface area contributed by atoms with Crippen molar-refractivity contribution in [2.24, 2.45) is 9.98 Å². The number of hydrogen-bond acceptors (Lipinski definition) is 3. The highest BCUT2D eigenvalue weighted by molar-refractivity contribution is 6.14. The van der Waals surface area contributed by atoms with Crippen LogP contribution in [0.4, 0.5) is 11.4 Å². The fourth-order valence-electron chi connectivity index (χ4n) is 11.0. The van der Waals surface area contributed by atoms with E-state index in [4.69, 9.17) is 9.98 Å². The first-order valence-electron chi connectivity index (χ1n) is 22.5. The molecule has 11 aromatic rings. The largest absolute Gasteiger partial charge is 0.331 e. The molecule has 0 bridgehead atoms. The molecule has 1 atom stereocenters. The Hall–Kier alpha value is -8.34. The van der Waals surface area contributed by atoms with Gasteiger partial charge < -0.3 is 9.47 Å². The van der Waals surface area contributed by atoms with Crippen molar-refractivity contribution in [3.63, 3.8) is 0 Å². The zero-order valence-electron chi connectivity index (χ0n) is 35.6. The van der Waals surface area contributed by atoms with Gasteiger partial charge in [-0.15, -0.1) is 0 Å². The number of amidine groups is 1. The molecular weight excluding hydrogens is 789 g/mol. The molecule has 0 fully saturated rings. The predicted molar refractivity (Wildman–Crippen MR) is 272 cm³/mol. The maximum atomic E-state index is 5.25. The van der Waals surface area contributed by atoms with Crippen LogP contribution >= 0.6 is 0 Å². The Balaban J connectivity index is 0.915. The predicted octanol–water partition coefficient (Wildman–Crippen LogP) is 14.5. The van der Waals surface area contributed by atoms with Gasteiger partial charge in [-0.1, -0.05) is 176 Å². The minimum Gasteiger partial charge on any atom is -0.331 e. The Bertz CT molecular complexity index is 3670. The van der Waals surface area contributed by atoms with Gasteiger partial charge in [-0.2, -0.15) is 0 Å². The molecule has 0 saturated heterocycles. The van der Waals surface area contributed by atoms with Gasteiger partial charge >= 0.3 is 0 Å². The SMILES string of the molecule is C1=NC(c2ccc3c(c2)c2ccccc2n3-c2ccc3c(c2)C(c2ccccc2)(c2ccccc2)c2ccccc2-3)=NCC1N(c1ccc2ccccc2c1)c1cccc2ccccc12. The number of para-hydroxylation sites is 1. The van der Waals surface area contributed by atoms with Crippen LogP contribution in [0.25, 0.3) is 60.2 Å². The molecule has 13 rings (SSSR count). The second-order valence-electron chi connectivity index (χ2n) is 17.3. The lowest BCUT2D eigenvalue weighted by molar-refractivity contribution is 0.767. The Labute approximate surface area is 377 Å². The molecule has 2 heterocycles. The van der Waals surface area contributed by atoms with E-state index < -0.39 is 5.41 Å². The Morgan fingerprint density at radius 3 is 1.92 bits per heavy atom. The molecule has 65 heavy (non-hydrogen) atoms. The summed E-state index contributed by atoms with van der Waals surface area (Å²) in [5.74, 6) is 0.752. The molecule has 10 aromatic carbocycles. The van der Waals surface area contributed by atoms with Crippen LogP contribution in [0.15, 0.2) is 241 Å². The van der Waals surface area contributed by atoms with Crippen LogP contribution in [0.5, 0.6) is 0 Å². The molecule has 2 aliphatic rings. The van der Waals surface area contributed by atoms with E-state index in [9.17, 15) is 0 Å². The molecule has 1 aliphatic carbocycles. The molecule has 1 unspecified atom stereocenters. The lowest BCUT2D eigenvalue weighted by Crippen LogP contribution is -2.37. The standard InChI is InChI=1S/C61H42N4/c1-3-20-45(21-4-1)61(46-22-5-2-6-23-46)55-27-13-11-25-51(55)52-34-33-48(38-56(52)61)65-58-28-14-12-26-53(58)54-37-44(31-35-59(54)65)60-62-39-49(40-63-60)64(47-32-30-41-16-7-8-18-43(41)36-47)57-29-15-19-42-17-9-10-24-50(42)57/h1-39,49H,40H2. The minimum absolute atomic E-state index is 0.0822. The van der Waals surface area contributed by atoms with Gasteiger partial charge in [0.25, 0.3) is 0 Å². The number of fused-ring (bicyclic) bond motifs is 8. The Kier molecular flexibility index (Phi) is 8.53. The van der Waals surface area contributed by atoms with Crippen LogP contribution < -0.4 is 4.90 Å². The number of rotatable bonds is 7. The van der Waals surface area contributed by atoms with Gasteiger partial charge in [-0.05, 0) is 104 Å². The number of nitrogens with zero attached hydrogens (tertiary/aromatic N) is 4. The third kappa shape index (κ3) is 5.77. The van der Waals surface area contributed by atoms with Crippen LogP contribution in [0.2, 0.25) is 0 Å². The van der Waals surface area contributed by atoms with Crippen molar-refractivity contribution in [1.82, 2.24) is 4.57 Å². The summed E-state index contributed by atoms with van der Waals surface area (Å²) >= 11 is 0. The average Bonchev–Trinajstić information content (AvgIpc) is 3.87. The summed E-state index contributed by atoms with van der Waals surface area (Å²) in [5, 5.41) is 7.20. The summed E-state index contributed by atoms with van der Waals surface area (Å²) in [6, 6.07) is 84.0. The first-order chi connectivity index (χ1) is 32.2. The number of benzene rings is 10. The third-order valence-corrected chi connectivity index (χ3v) is 13.8. The van der Waals surface area contributed by atoms with E-state index in [-0.39, 0.29) is 6.04 Å². The van der Waals surface area contributed by atoms with Crippen molar-refractivity contribution < 1.29 is 0 Å². The summed E-state index contributed by atoms with van der Waals surface area (Å²) in [6.45, 7) is 0.566. The first-order valence-corrected chi connectivity index (χ1v) is 22.5. The third-order valence-electron chi connectivity index (χ3n) is 13.8. The van der Waals surface area contributed by atoms with Gasteiger partial charge in [0.15, 0.2) is 5.84 Å². The molecule has 306 valence electrons. The van der Waals surface area contributed by atoms with Crippen LogP contribution in [0.3, 0.4) is 0 Å². The van der Waals surface area contributed by atoms with E-state index >= 15 is 0 Å². The minimum atomic E-state index is -0.483. The van der Waals surface area contributed by atoms with Gasteiger partial charge in [0.1, 0.15) is 0 Å². The van der Waals surface area contributed by atoms with E-state index in [2.05, 4.69) is 246 Å². The van der Waals surface area contributed by atoms with Crippen molar-refractivity contribution in [2.45, 2.75) is 11.5 Å². The van der Waals surface area contributed by atoms with Crippen molar-refractivity contribution in [3.8, 4) is 16.8 Å². The molecule has 0 N–H and O–H groups in total. The van der Waals surface area contributed by atoms with E-state index in [1.807, 2.05) is 0 Å². The van der Waals surface area contributed by atoms with E-state index in [1.165, 1.54) is 65.7 Å². The number of anilines is 2. The van der Waals surface area contributed by atoms with Crippen LogP contribution in [-0.2, 0) is 5.41 Å². The number of hydrogen-bond donors (Lipinski definition) is 0. The van der Waals surface area contributed by atoms with Gasteiger partial charge in [0.2, 0.25) is 0 Å². The van der Waals surface area contributed by atoms with Crippen molar-refractivity contribution in [3.05, 3.63) is 258 Å². The molecule has 4 heteroatoms. The van der Waals surface area contributed by atoms with Crippen LogP contribution in [-0.4, -0.2) is 29.2 Å². The highest BCUT2D eigenvalue weighted by Gasteiger charge is 2.46. The van der Waals surface area contributed by atoms with E-state index in [0.717, 1.165) is 39.5 Å². The maximum absolute atomic E-state index is 5.25. The maximum Gasteiger partial charge on any atom is 0.154 e. The zero-order valence-corrected chi connectivity index (χ0v) is 35.6. The fourth-order valence-corrected chi connectivity index (χ4v) is 11.0. The molecule has 4 nitrogen and oxygen atoms in total. The highest BCUT2D eigenvalue weighted by atomic mass is 15.2. The fraction of sp³-hybridized carbons (Fsp3) is 0.0492. The summed E-state index contributed by atoms with van der Waals surface area (Å²) in [4.78, 5) is 12.8. The second-order valence-corrected chi connectivity index (χ2v) is 17.3. The summed E-state index contributed by atoms with van der Waals surface area (Å²) in [5.41, 5.74) is 13.9. The van der Waals surface area contributed by atoms with Gasteiger partial charge in [0, 0.05) is 45.0 Å². The van der Waals surface area contributed by atoms with Gasteiger partial charge in [0.05, 0.1) is 29.0 Å². The monoisotopic (exact) mass is 830 g/mol. The first kappa shape index (κ1) is 37.2. The molecule has 0 saturated carbocycles. The highest BCUT2D eigenvalue weighted by Crippen LogP contribution is 2.56. The molecule has 0 radical (unpaired) electrons. The van der Waals surface area contributed by atoms with Crippen molar-refractivity contribution >= 4 is 66.8 Å². The van der Waals surface area contributed by atoms with Crippen molar-refractivity contribution in [2.75, 3.05) is 11.4 Å². The second kappa shape index (κ2) is 14.9. The van der Waals surface area contributed by atoms with Gasteiger partial charge in [-0.3, -0.25) is 4.99 Å². The topological polar surface area (TPSA) is 32.9 Å². The molecular formula is C61H42N4. The smallest absolute Gasteiger partial charge is 0.154 e. The molecule has 1 aromatic heterocycles. The van der Waals surface area contributed by atoms with Gasteiger partial charge in [-0.25, -0.2) is 4.99 Å². The molecule has 0 spiro atoms. The lowest BCUT2D eigenvalue weighted by Gasteiger charge is -2.34.